The molecule has 1 N–H and O–H groups in total. The van der Waals surface area contributed by atoms with Gasteiger partial charge in [-0.15, -0.1) is 0 Å². The molecule has 160 valence electrons. The molecule has 0 spiro atoms. The number of benzene rings is 3. The van der Waals surface area contributed by atoms with E-state index in [1.54, 1.807) is 18.2 Å². The van der Waals surface area contributed by atoms with Crippen LogP contribution in [0.3, 0.4) is 0 Å². The molecule has 6 nitrogen and oxygen atoms in total. The van der Waals surface area contributed by atoms with E-state index in [9.17, 15) is 22.4 Å². The molecule has 0 aromatic heterocycles. The maximum absolute atomic E-state index is 13.1. The number of nitrogens with zero attached hydrogens (tertiary/aromatic N) is 1. The largest absolute Gasteiger partial charge is 0.274 e. The van der Waals surface area contributed by atoms with Crippen LogP contribution >= 0.6 is 0 Å². The normalized spacial score (nSPS) is 13.8. The first-order valence-corrected chi connectivity index (χ1v) is 11.5. The van der Waals surface area contributed by atoms with E-state index in [2.05, 4.69) is 4.72 Å². The topological polar surface area (TPSA) is 83.6 Å². The minimum atomic E-state index is -3.96. The molecule has 0 aliphatic carbocycles. The van der Waals surface area contributed by atoms with Crippen LogP contribution in [-0.2, 0) is 16.6 Å². The molecule has 1 heterocycles. The first-order chi connectivity index (χ1) is 14.8. The number of hydrogen-bond acceptors (Lipinski definition) is 4. The summed E-state index contributed by atoms with van der Waals surface area (Å²) in [4.78, 5) is 27.1. The third-order valence-corrected chi connectivity index (χ3v) is 6.82. The second kappa shape index (κ2) is 8.20. The highest BCUT2D eigenvalue weighted by atomic mass is 32.2. The summed E-state index contributed by atoms with van der Waals surface area (Å²) in [5, 5.41) is 0.674. The zero-order chi connectivity index (χ0) is 22.2. The monoisotopic (exact) mass is 440 g/mol. The van der Waals surface area contributed by atoms with Crippen molar-refractivity contribution in [2.24, 2.45) is 0 Å². The van der Waals surface area contributed by atoms with Gasteiger partial charge in [0, 0.05) is 35.0 Å². The summed E-state index contributed by atoms with van der Waals surface area (Å²) in [5.74, 6) is -1.23. The average molecular weight is 440 g/mol. The molecule has 4 rings (SSSR count). The van der Waals surface area contributed by atoms with Gasteiger partial charge in [-0.2, -0.15) is 0 Å². The van der Waals surface area contributed by atoms with E-state index < -0.39 is 27.7 Å². The number of carbonyl (C=O) groups excluding carboxylic acids is 2. The fourth-order valence-electron chi connectivity index (χ4n) is 3.73. The van der Waals surface area contributed by atoms with E-state index >= 15 is 0 Å². The minimum Gasteiger partial charge on any atom is -0.274 e. The molecule has 0 atom stereocenters. The van der Waals surface area contributed by atoms with Gasteiger partial charge in [-0.05, 0) is 42.3 Å². The van der Waals surface area contributed by atoms with Crippen molar-refractivity contribution in [3.8, 4) is 0 Å². The van der Waals surface area contributed by atoms with Crippen molar-refractivity contribution >= 4 is 32.6 Å². The average Bonchev–Trinajstić information content (AvgIpc) is 2.76. The predicted molar refractivity (Wildman–Crippen MR) is 115 cm³/mol. The lowest BCUT2D eigenvalue weighted by molar-refractivity contribution is 0.0608. The molecular formula is C23H21FN2O4S. The van der Waals surface area contributed by atoms with E-state index in [1.807, 2.05) is 6.92 Å². The van der Waals surface area contributed by atoms with Crippen LogP contribution < -0.4 is 4.72 Å². The number of unbranched alkanes of at least 4 members (excludes halogenated alkanes) is 1. The molecule has 31 heavy (non-hydrogen) atoms. The van der Waals surface area contributed by atoms with Gasteiger partial charge in [0.2, 0.25) is 10.0 Å². The van der Waals surface area contributed by atoms with Crippen molar-refractivity contribution in [1.29, 1.82) is 0 Å². The van der Waals surface area contributed by atoms with E-state index in [1.165, 1.54) is 41.3 Å². The van der Waals surface area contributed by atoms with E-state index in [0.29, 0.717) is 40.4 Å². The molecule has 8 heteroatoms. The van der Waals surface area contributed by atoms with Crippen LogP contribution in [0.5, 0.6) is 0 Å². The molecule has 3 aromatic carbocycles. The molecule has 0 saturated heterocycles. The SMILES string of the molecule is CCCCN1C(=O)c2cccc3c(S(=O)(=O)NCc4ccc(F)cc4)ccc(c23)C1=O. The summed E-state index contributed by atoms with van der Waals surface area (Å²) in [6.07, 6.45) is 1.54. The van der Waals surface area contributed by atoms with Crippen molar-refractivity contribution in [3.63, 3.8) is 0 Å². The highest BCUT2D eigenvalue weighted by Gasteiger charge is 2.34. The molecule has 1 aliphatic heterocycles. The first kappa shape index (κ1) is 21.1. The van der Waals surface area contributed by atoms with Gasteiger partial charge in [-0.3, -0.25) is 14.5 Å². The van der Waals surface area contributed by atoms with Gasteiger partial charge in [-0.25, -0.2) is 17.5 Å². The van der Waals surface area contributed by atoms with Crippen LogP contribution in [0.15, 0.2) is 59.5 Å². The highest BCUT2D eigenvalue weighted by molar-refractivity contribution is 7.89. The Bertz CT molecular complexity index is 1260. The van der Waals surface area contributed by atoms with Crippen LogP contribution in [-0.4, -0.2) is 31.7 Å². The highest BCUT2D eigenvalue weighted by Crippen LogP contribution is 2.34. The van der Waals surface area contributed by atoms with Crippen LogP contribution in [0.4, 0.5) is 4.39 Å². The number of hydrogen-bond donors (Lipinski definition) is 1. The third kappa shape index (κ3) is 3.84. The van der Waals surface area contributed by atoms with Crippen molar-refractivity contribution in [2.45, 2.75) is 31.2 Å². The van der Waals surface area contributed by atoms with E-state index in [0.717, 1.165) is 6.42 Å². The van der Waals surface area contributed by atoms with E-state index in [4.69, 9.17) is 0 Å². The Morgan fingerprint density at radius 2 is 1.61 bits per heavy atom. The van der Waals surface area contributed by atoms with Crippen LogP contribution in [0.1, 0.15) is 46.0 Å². The summed E-state index contributed by atoms with van der Waals surface area (Å²) in [5.41, 5.74) is 1.24. The Balaban J connectivity index is 1.74. The molecule has 0 saturated carbocycles. The lowest BCUT2D eigenvalue weighted by Gasteiger charge is -2.27. The van der Waals surface area contributed by atoms with Crippen LogP contribution in [0.25, 0.3) is 10.8 Å². The van der Waals surface area contributed by atoms with Gasteiger partial charge in [0.1, 0.15) is 5.82 Å². The molecule has 3 aromatic rings. The van der Waals surface area contributed by atoms with Crippen LogP contribution in [0, 0.1) is 5.82 Å². The van der Waals surface area contributed by atoms with Gasteiger partial charge >= 0.3 is 0 Å². The molecule has 1 aliphatic rings. The Kier molecular flexibility index (Phi) is 5.60. The summed E-state index contributed by atoms with van der Waals surface area (Å²) >= 11 is 0. The molecule has 0 radical (unpaired) electrons. The number of nitrogens with one attached hydrogen (secondary N) is 1. The van der Waals surface area contributed by atoms with Crippen molar-refractivity contribution in [3.05, 3.63) is 77.1 Å². The number of amides is 2. The number of sulfonamides is 1. The molecule has 0 unspecified atom stereocenters. The lowest BCUT2D eigenvalue weighted by atomic mass is 9.94. The summed E-state index contributed by atoms with van der Waals surface area (Å²) in [7, 11) is -3.96. The number of imide groups is 1. The number of halogens is 1. The standard InChI is InChI=1S/C23H21FN2O4S/c1-2-3-13-26-22(27)18-6-4-5-17-20(12-11-19(21(17)18)23(26)28)31(29,30)25-14-15-7-9-16(24)10-8-15/h4-12,25H,2-3,13-14H2,1H3. The third-order valence-electron chi connectivity index (χ3n) is 5.36. The lowest BCUT2D eigenvalue weighted by Crippen LogP contribution is -2.41. The van der Waals surface area contributed by atoms with Crippen molar-refractivity contribution < 1.29 is 22.4 Å². The first-order valence-electron chi connectivity index (χ1n) is 9.99. The molecular weight excluding hydrogens is 419 g/mol. The van der Waals surface area contributed by atoms with Gasteiger partial charge in [-0.1, -0.05) is 37.6 Å². The second-order valence-electron chi connectivity index (χ2n) is 7.41. The molecule has 2 amide bonds. The quantitative estimate of drug-likeness (QED) is 0.566. The number of carbonyl (C=O) groups is 2. The predicted octanol–water partition coefficient (Wildman–Crippen LogP) is 3.85. The minimum absolute atomic E-state index is 0.0159. The zero-order valence-electron chi connectivity index (χ0n) is 16.9. The Hall–Kier alpha value is -3.10. The van der Waals surface area contributed by atoms with Gasteiger partial charge in [0.15, 0.2) is 0 Å². The van der Waals surface area contributed by atoms with Crippen LogP contribution in [0.2, 0.25) is 0 Å². The van der Waals surface area contributed by atoms with Gasteiger partial charge in [0.25, 0.3) is 11.8 Å². The van der Waals surface area contributed by atoms with Crippen molar-refractivity contribution in [1.82, 2.24) is 9.62 Å². The number of rotatable bonds is 7. The Morgan fingerprint density at radius 3 is 2.29 bits per heavy atom. The maximum Gasteiger partial charge on any atom is 0.261 e. The van der Waals surface area contributed by atoms with E-state index in [-0.39, 0.29) is 11.4 Å². The Morgan fingerprint density at radius 1 is 0.935 bits per heavy atom. The second-order valence-corrected chi connectivity index (χ2v) is 9.14. The maximum atomic E-state index is 13.1. The fraction of sp³-hybridized carbons (Fsp3) is 0.217. The van der Waals surface area contributed by atoms with Gasteiger partial charge < -0.3 is 0 Å². The molecule has 0 fully saturated rings. The fourth-order valence-corrected chi connectivity index (χ4v) is 4.95. The van der Waals surface area contributed by atoms with Crippen molar-refractivity contribution in [2.75, 3.05) is 6.54 Å². The Labute approximate surface area is 179 Å². The zero-order valence-corrected chi connectivity index (χ0v) is 17.7. The molecule has 0 bridgehead atoms. The summed E-state index contributed by atoms with van der Waals surface area (Å²) < 4.78 is 41.6. The smallest absolute Gasteiger partial charge is 0.261 e. The van der Waals surface area contributed by atoms with Gasteiger partial charge in [0.05, 0.1) is 4.90 Å². The summed E-state index contributed by atoms with van der Waals surface area (Å²) in [6, 6.07) is 13.2. The summed E-state index contributed by atoms with van der Waals surface area (Å²) in [6.45, 7) is 2.28.